The first-order valence-corrected chi connectivity index (χ1v) is 3.32. The van der Waals surface area contributed by atoms with Gasteiger partial charge in [0, 0.05) is 18.5 Å². The van der Waals surface area contributed by atoms with Crippen molar-refractivity contribution < 1.29 is 8.78 Å². The molecule has 0 N–H and O–H groups in total. The zero-order chi connectivity index (χ0) is 8.97. The Kier molecular flexibility index (Phi) is 2.69. The van der Waals surface area contributed by atoms with Gasteiger partial charge < -0.3 is 0 Å². The summed E-state index contributed by atoms with van der Waals surface area (Å²) in [5.74, 6) is 0. The Balaban J connectivity index is 2.87. The van der Waals surface area contributed by atoms with Gasteiger partial charge in [0.1, 0.15) is 0 Å². The fraction of sp³-hybridized carbons (Fsp3) is 0. The number of pyridine rings is 1. The molecule has 0 atom stereocenters. The standard InChI is InChI=1S/C9H7F2N/c1-7(6-9(10)11)8-2-4-12-5-3-8/h2-6H,1H2. The second kappa shape index (κ2) is 3.76. The molecule has 62 valence electrons. The van der Waals surface area contributed by atoms with Crippen molar-refractivity contribution in [2.45, 2.75) is 0 Å². The fourth-order valence-electron chi connectivity index (χ4n) is 0.781. The van der Waals surface area contributed by atoms with Gasteiger partial charge in [0.25, 0.3) is 6.08 Å². The maximum absolute atomic E-state index is 11.8. The molecule has 0 fully saturated rings. The number of rotatable bonds is 2. The Morgan fingerprint density at radius 2 is 1.92 bits per heavy atom. The predicted octanol–water partition coefficient (Wildman–Crippen LogP) is 2.88. The Morgan fingerprint density at radius 1 is 1.33 bits per heavy atom. The average Bonchev–Trinajstić information content (AvgIpc) is 2.05. The molecule has 0 saturated carbocycles. The minimum atomic E-state index is -1.74. The molecule has 0 unspecified atom stereocenters. The summed E-state index contributed by atoms with van der Waals surface area (Å²) >= 11 is 0. The molecule has 1 heterocycles. The lowest BCUT2D eigenvalue weighted by molar-refractivity contribution is 0.422. The highest BCUT2D eigenvalue weighted by atomic mass is 19.3. The van der Waals surface area contributed by atoms with Gasteiger partial charge in [-0.1, -0.05) is 6.58 Å². The van der Waals surface area contributed by atoms with E-state index in [2.05, 4.69) is 11.6 Å². The third-order valence-corrected chi connectivity index (χ3v) is 1.33. The van der Waals surface area contributed by atoms with Crippen molar-refractivity contribution in [3.05, 3.63) is 48.8 Å². The van der Waals surface area contributed by atoms with Gasteiger partial charge in [-0.15, -0.1) is 0 Å². The summed E-state index contributed by atoms with van der Waals surface area (Å²) in [7, 11) is 0. The Bertz CT molecular complexity index is 300. The molecule has 0 amide bonds. The molecule has 1 aromatic heterocycles. The van der Waals surface area contributed by atoms with E-state index >= 15 is 0 Å². The van der Waals surface area contributed by atoms with E-state index in [9.17, 15) is 8.78 Å². The quantitative estimate of drug-likeness (QED) is 0.617. The molecular formula is C9H7F2N. The first-order chi connectivity index (χ1) is 5.70. The molecule has 0 saturated heterocycles. The molecule has 12 heavy (non-hydrogen) atoms. The molecule has 1 nitrogen and oxygen atoms in total. The van der Waals surface area contributed by atoms with Crippen molar-refractivity contribution in [1.82, 2.24) is 4.98 Å². The lowest BCUT2D eigenvalue weighted by atomic mass is 10.1. The van der Waals surface area contributed by atoms with Crippen LogP contribution < -0.4 is 0 Å². The van der Waals surface area contributed by atoms with Gasteiger partial charge in [0.05, 0.1) is 0 Å². The van der Waals surface area contributed by atoms with Crippen LogP contribution >= 0.6 is 0 Å². The van der Waals surface area contributed by atoms with Crippen LogP contribution in [0.4, 0.5) is 8.78 Å². The lowest BCUT2D eigenvalue weighted by Crippen LogP contribution is -1.79. The Hall–Kier alpha value is -1.51. The van der Waals surface area contributed by atoms with E-state index in [1.165, 1.54) is 12.4 Å². The van der Waals surface area contributed by atoms with Gasteiger partial charge in [-0.25, -0.2) is 0 Å². The normalized spacial score (nSPS) is 9.17. The minimum Gasteiger partial charge on any atom is -0.265 e. The van der Waals surface area contributed by atoms with Crippen molar-refractivity contribution in [3.8, 4) is 0 Å². The van der Waals surface area contributed by atoms with Crippen LogP contribution in [0.3, 0.4) is 0 Å². The van der Waals surface area contributed by atoms with Gasteiger partial charge in [0.2, 0.25) is 0 Å². The van der Waals surface area contributed by atoms with Crippen molar-refractivity contribution in [2.75, 3.05) is 0 Å². The third-order valence-electron chi connectivity index (χ3n) is 1.33. The smallest absolute Gasteiger partial charge is 0.265 e. The van der Waals surface area contributed by atoms with Crippen LogP contribution in [-0.2, 0) is 0 Å². The molecule has 0 bridgehead atoms. The van der Waals surface area contributed by atoms with E-state index < -0.39 is 6.08 Å². The van der Waals surface area contributed by atoms with Crippen LogP contribution in [0.25, 0.3) is 5.57 Å². The molecule has 0 aliphatic rings. The Labute approximate surface area is 69.1 Å². The predicted molar refractivity (Wildman–Crippen MR) is 43.6 cm³/mol. The van der Waals surface area contributed by atoms with Gasteiger partial charge in [-0.2, -0.15) is 8.78 Å². The van der Waals surface area contributed by atoms with Crippen LogP contribution in [-0.4, -0.2) is 4.98 Å². The number of hydrogen-bond acceptors (Lipinski definition) is 1. The topological polar surface area (TPSA) is 12.9 Å². The van der Waals surface area contributed by atoms with E-state index in [-0.39, 0.29) is 5.57 Å². The average molecular weight is 167 g/mol. The fourth-order valence-corrected chi connectivity index (χ4v) is 0.781. The van der Waals surface area contributed by atoms with Crippen molar-refractivity contribution in [2.24, 2.45) is 0 Å². The maximum Gasteiger partial charge on any atom is 0.270 e. The van der Waals surface area contributed by atoms with Crippen LogP contribution in [0.5, 0.6) is 0 Å². The van der Waals surface area contributed by atoms with E-state index in [1.807, 2.05) is 0 Å². The first kappa shape index (κ1) is 8.59. The van der Waals surface area contributed by atoms with Gasteiger partial charge in [-0.3, -0.25) is 4.98 Å². The molecule has 1 aromatic rings. The SMILES string of the molecule is C=C(C=C(F)F)c1ccncc1. The molecule has 1 rings (SSSR count). The number of aromatic nitrogens is 1. The number of halogens is 2. The number of nitrogens with zero attached hydrogens (tertiary/aromatic N) is 1. The van der Waals surface area contributed by atoms with E-state index in [0.29, 0.717) is 5.56 Å². The molecule has 0 aliphatic heterocycles. The van der Waals surface area contributed by atoms with Crippen molar-refractivity contribution in [3.63, 3.8) is 0 Å². The van der Waals surface area contributed by atoms with Gasteiger partial charge >= 0.3 is 0 Å². The highest BCUT2D eigenvalue weighted by Gasteiger charge is 1.96. The Morgan fingerprint density at radius 3 is 2.42 bits per heavy atom. The second-order valence-corrected chi connectivity index (χ2v) is 2.20. The van der Waals surface area contributed by atoms with Gasteiger partial charge in [0.15, 0.2) is 0 Å². The summed E-state index contributed by atoms with van der Waals surface area (Å²) in [6.07, 6.45) is 2.06. The van der Waals surface area contributed by atoms with E-state index in [4.69, 9.17) is 0 Å². The first-order valence-electron chi connectivity index (χ1n) is 3.32. The zero-order valence-corrected chi connectivity index (χ0v) is 6.30. The largest absolute Gasteiger partial charge is 0.270 e. The number of hydrogen-bond donors (Lipinski definition) is 0. The summed E-state index contributed by atoms with van der Waals surface area (Å²) in [4.78, 5) is 3.76. The summed E-state index contributed by atoms with van der Waals surface area (Å²) in [6, 6.07) is 3.25. The molecular weight excluding hydrogens is 160 g/mol. The highest BCUT2D eigenvalue weighted by molar-refractivity contribution is 5.71. The van der Waals surface area contributed by atoms with Crippen LogP contribution in [0.2, 0.25) is 0 Å². The highest BCUT2D eigenvalue weighted by Crippen LogP contribution is 2.14. The van der Waals surface area contributed by atoms with E-state index in [0.717, 1.165) is 6.08 Å². The lowest BCUT2D eigenvalue weighted by Gasteiger charge is -1.96. The summed E-state index contributed by atoms with van der Waals surface area (Å²) in [5, 5.41) is 0. The zero-order valence-electron chi connectivity index (χ0n) is 6.30. The number of allylic oxidation sites excluding steroid dienone is 2. The summed E-state index contributed by atoms with van der Waals surface area (Å²) in [6.45, 7) is 3.48. The second-order valence-electron chi connectivity index (χ2n) is 2.20. The molecule has 0 spiro atoms. The van der Waals surface area contributed by atoms with Gasteiger partial charge in [-0.05, 0) is 23.3 Å². The third kappa shape index (κ3) is 2.27. The van der Waals surface area contributed by atoms with E-state index in [1.54, 1.807) is 12.1 Å². The van der Waals surface area contributed by atoms with Crippen LogP contribution in [0.1, 0.15) is 5.56 Å². The van der Waals surface area contributed by atoms with Crippen LogP contribution in [0.15, 0.2) is 43.3 Å². The molecule has 0 radical (unpaired) electrons. The monoisotopic (exact) mass is 167 g/mol. The van der Waals surface area contributed by atoms with Crippen molar-refractivity contribution >= 4 is 5.57 Å². The molecule has 3 heteroatoms. The van der Waals surface area contributed by atoms with Crippen molar-refractivity contribution in [1.29, 1.82) is 0 Å². The molecule has 0 aliphatic carbocycles. The summed E-state index contributed by atoms with van der Waals surface area (Å²) in [5.41, 5.74) is 0.940. The van der Waals surface area contributed by atoms with Crippen LogP contribution in [0, 0.1) is 0 Å². The minimum absolute atomic E-state index is 0.289. The summed E-state index contributed by atoms with van der Waals surface area (Å²) < 4.78 is 23.5. The maximum atomic E-state index is 11.8. The molecule has 0 aromatic carbocycles.